The Hall–Kier alpha value is -1.14. The molecule has 0 bridgehead atoms. The van der Waals surface area contributed by atoms with E-state index >= 15 is 0 Å². The van der Waals surface area contributed by atoms with Crippen molar-refractivity contribution in [2.75, 3.05) is 6.61 Å². The molecule has 2 saturated heterocycles. The number of cyclic esters (lactones) is 2. The van der Waals surface area contributed by atoms with Crippen molar-refractivity contribution in [3.05, 3.63) is 0 Å². The highest BCUT2D eigenvalue weighted by atomic mass is 16.6. The van der Waals surface area contributed by atoms with Gasteiger partial charge in [0.25, 0.3) is 0 Å². The maximum atomic E-state index is 10.6. The van der Waals surface area contributed by atoms with Crippen molar-refractivity contribution in [3.63, 3.8) is 0 Å². The lowest BCUT2D eigenvalue weighted by Crippen LogP contribution is -2.24. The van der Waals surface area contributed by atoms with E-state index in [2.05, 4.69) is 11.7 Å². The Labute approximate surface area is 106 Å². The van der Waals surface area contributed by atoms with E-state index in [4.69, 9.17) is 14.9 Å². The predicted molar refractivity (Wildman–Crippen MR) is 61.5 cm³/mol. The minimum absolute atomic E-state index is 0.00519. The van der Waals surface area contributed by atoms with Gasteiger partial charge in [-0.05, 0) is 6.42 Å². The van der Waals surface area contributed by atoms with Gasteiger partial charge in [0.05, 0.1) is 19.4 Å². The topological polar surface area (TPSA) is 93.1 Å². The second-order valence-corrected chi connectivity index (χ2v) is 4.60. The minimum atomic E-state index is -0.817. The number of aliphatic hydroxyl groups excluding tert-OH is 2. The van der Waals surface area contributed by atoms with Crippen LogP contribution in [0, 0.1) is 5.92 Å². The SMILES string of the molecule is CC[C@H]1OC(=O)C[C@@H]1C.O=C1C[C@H](O)[C@@H](CO)O1. The molecule has 6 heteroatoms. The molecule has 6 nitrogen and oxygen atoms in total. The summed E-state index contributed by atoms with van der Waals surface area (Å²) in [6.07, 6.45) is 0.244. The molecule has 0 spiro atoms. The number of aliphatic hydroxyl groups is 2. The fourth-order valence-corrected chi connectivity index (χ4v) is 1.97. The van der Waals surface area contributed by atoms with Crippen LogP contribution in [0.3, 0.4) is 0 Å². The van der Waals surface area contributed by atoms with Crippen LogP contribution in [0.2, 0.25) is 0 Å². The zero-order chi connectivity index (χ0) is 13.7. The van der Waals surface area contributed by atoms with Crippen LogP contribution in [0.4, 0.5) is 0 Å². The molecule has 0 radical (unpaired) electrons. The summed E-state index contributed by atoms with van der Waals surface area (Å²) < 4.78 is 9.47. The molecule has 18 heavy (non-hydrogen) atoms. The molecule has 0 unspecified atom stereocenters. The van der Waals surface area contributed by atoms with E-state index in [1.54, 1.807) is 0 Å². The van der Waals surface area contributed by atoms with Gasteiger partial charge < -0.3 is 19.7 Å². The van der Waals surface area contributed by atoms with Crippen LogP contribution < -0.4 is 0 Å². The van der Waals surface area contributed by atoms with Gasteiger partial charge in [-0.1, -0.05) is 13.8 Å². The van der Waals surface area contributed by atoms with Crippen LogP contribution in [0.25, 0.3) is 0 Å². The first kappa shape index (κ1) is 14.9. The van der Waals surface area contributed by atoms with Crippen LogP contribution in [0.5, 0.6) is 0 Å². The van der Waals surface area contributed by atoms with Crippen molar-refractivity contribution in [3.8, 4) is 0 Å². The van der Waals surface area contributed by atoms with Crippen molar-refractivity contribution in [1.29, 1.82) is 0 Å². The highest BCUT2D eigenvalue weighted by Crippen LogP contribution is 2.23. The monoisotopic (exact) mass is 260 g/mol. The van der Waals surface area contributed by atoms with Gasteiger partial charge in [0.15, 0.2) is 6.10 Å². The number of rotatable bonds is 2. The van der Waals surface area contributed by atoms with Gasteiger partial charge >= 0.3 is 11.9 Å². The summed E-state index contributed by atoms with van der Waals surface area (Å²) in [6.45, 7) is 3.80. The Morgan fingerprint density at radius 2 is 1.72 bits per heavy atom. The second-order valence-electron chi connectivity index (χ2n) is 4.60. The molecule has 0 aromatic heterocycles. The molecule has 2 aliphatic heterocycles. The second kappa shape index (κ2) is 6.70. The molecule has 0 aromatic carbocycles. The van der Waals surface area contributed by atoms with Crippen molar-refractivity contribution in [2.24, 2.45) is 5.92 Å². The quantitative estimate of drug-likeness (QED) is 0.679. The van der Waals surface area contributed by atoms with Gasteiger partial charge in [0.2, 0.25) is 0 Å². The van der Waals surface area contributed by atoms with Crippen molar-refractivity contribution >= 4 is 11.9 Å². The fourth-order valence-electron chi connectivity index (χ4n) is 1.97. The van der Waals surface area contributed by atoms with E-state index in [1.165, 1.54) is 0 Å². The Morgan fingerprint density at radius 1 is 1.17 bits per heavy atom. The third kappa shape index (κ3) is 3.96. The minimum Gasteiger partial charge on any atom is -0.462 e. The molecular formula is C12H20O6. The number of esters is 2. The average molecular weight is 260 g/mol. The van der Waals surface area contributed by atoms with Gasteiger partial charge in [-0.2, -0.15) is 0 Å². The zero-order valence-electron chi connectivity index (χ0n) is 10.7. The van der Waals surface area contributed by atoms with Gasteiger partial charge in [-0.15, -0.1) is 0 Å². The summed E-state index contributed by atoms with van der Waals surface area (Å²) in [5.74, 6) is -0.0431. The summed E-state index contributed by atoms with van der Waals surface area (Å²) in [6, 6.07) is 0. The summed E-state index contributed by atoms with van der Waals surface area (Å²) in [4.78, 5) is 20.9. The Balaban J connectivity index is 0.000000180. The van der Waals surface area contributed by atoms with Crippen LogP contribution in [0.1, 0.15) is 33.1 Å². The summed E-state index contributed by atoms with van der Waals surface area (Å²) >= 11 is 0. The highest BCUT2D eigenvalue weighted by molar-refractivity contribution is 5.72. The molecule has 2 aliphatic rings. The number of hydrogen-bond acceptors (Lipinski definition) is 6. The van der Waals surface area contributed by atoms with E-state index in [1.807, 2.05) is 6.92 Å². The summed E-state index contributed by atoms with van der Waals surface area (Å²) in [5.41, 5.74) is 0. The normalized spacial score (nSPS) is 34.7. The van der Waals surface area contributed by atoms with E-state index in [9.17, 15) is 9.59 Å². The van der Waals surface area contributed by atoms with Gasteiger partial charge in [0, 0.05) is 5.92 Å². The first-order valence-corrected chi connectivity index (χ1v) is 6.15. The third-order valence-corrected chi connectivity index (χ3v) is 3.08. The lowest BCUT2D eigenvalue weighted by atomic mass is 10.0. The predicted octanol–water partition coefficient (Wildman–Crippen LogP) is 0.00310. The smallest absolute Gasteiger partial charge is 0.309 e. The number of hydrogen-bond donors (Lipinski definition) is 2. The van der Waals surface area contributed by atoms with Crippen molar-refractivity contribution in [1.82, 2.24) is 0 Å². The molecule has 2 fully saturated rings. The first-order valence-electron chi connectivity index (χ1n) is 6.15. The van der Waals surface area contributed by atoms with Crippen LogP contribution >= 0.6 is 0 Å². The van der Waals surface area contributed by atoms with Crippen LogP contribution in [-0.4, -0.2) is 47.1 Å². The number of carbonyl (C=O) groups is 2. The maximum absolute atomic E-state index is 10.6. The third-order valence-electron chi connectivity index (χ3n) is 3.08. The Morgan fingerprint density at radius 3 is 1.94 bits per heavy atom. The largest absolute Gasteiger partial charge is 0.462 e. The Bertz CT molecular complexity index is 273. The molecule has 0 aromatic rings. The van der Waals surface area contributed by atoms with Crippen LogP contribution in [-0.2, 0) is 19.1 Å². The van der Waals surface area contributed by atoms with Crippen LogP contribution in [0.15, 0.2) is 0 Å². The van der Waals surface area contributed by atoms with Gasteiger partial charge in [0.1, 0.15) is 12.2 Å². The molecule has 104 valence electrons. The van der Waals surface area contributed by atoms with Gasteiger partial charge in [-0.25, -0.2) is 0 Å². The Kier molecular flexibility index (Phi) is 5.55. The maximum Gasteiger partial charge on any atom is 0.309 e. The molecule has 4 atom stereocenters. The summed E-state index contributed by atoms with van der Waals surface area (Å²) in [7, 11) is 0. The molecule has 0 saturated carbocycles. The standard InChI is InChI=1S/C7H12O2.C5H8O4/c1-3-6-5(2)4-7(8)9-6;6-2-4-3(7)1-5(8)9-4/h5-6H,3-4H2,1-2H3;3-4,6-7H,1-2H2/t5-,6+;3-,4+/m00/s1. The lowest BCUT2D eigenvalue weighted by molar-refractivity contribution is -0.143. The molecule has 0 amide bonds. The molecule has 0 aliphatic carbocycles. The molecule has 2 rings (SSSR count). The fraction of sp³-hybridized carbons (Fsp3) is 0.833. The summed E-state index contributed by atoms with van der Waals surface area (Å²) in [5, 5.41) is 17.3. The lowest BCUT2D eigenvalue weighted by Gasteiger charge is -2.08. The average Bonchev–Trinajstić information content (AvgIpc) is 2.81. The number of carbonyl (C=O) groups excluding carboxylic acids is 2. The molecular weight excluding hydrogens is 240 g/mol. The van der Waals surface area contributed by atoms with Crippen molar-refractivity contribution < 1.29 is 29.3 Å². The van der Waals surface area contributed by atoms with E-state index < -0.39 is 18.2 Å². The number of ether oxygens (including phenoxy) is 2. The van der Waals surface area contributed by atoms with Crippen molar-refractivity contribution in [2.45, 2.75) is 51.4 Å². The first-order chi connectivity index (χ1) is 8.47. The zero-order valence-corrected chi connectivity index (χ0v) is 10.7. The van der Waals surface area contributed by atoms with Gasteiger partial charge in [-0.3, -0.25) is 9.59 Å². The van der Waals surface area contributed by atoms with E-state index in [-0.39, 0.29) is 25.1 Å². The van der Waals surface area contributed by atoms with E-state index in [0.29, 0.717) is 12.3 Å². The molecule has 2 N–H and O–H groups in total. The highest BCUT2D eigenvalue weighted by Gasteiger charge is 2.32. The molecule has 2 heterocycles. The van der Waals surface area contributed by atoms with E-state index in [0.717, 1.165) is 6.42 Å².